The van der Waals surface area contributed by atoms with Gasteiger partial charge in [0.2, 0.25) is 0 Å². The van der Waals surface area contributed by atoms with Gasteiger partial charge in [-0.2, -0.15) is 13.1 Å². The molecular weight excluding hydrogens is 325 g/mol. The molecule has 9 heteroatoms. The van der Waals surface area contributed by atoms with Gasteiger partial charge < -0.3 is 10.0 Å². The first-order valence-corrected chi connectivity index (χ1v) is 8.74. The molecule has 0 aromatic heterocycles. The quantitative estimate of drug-likeness (QED) is 0.806. The maximum absolute atomic E-state index is 13.5. The minimum Gasteiger partial charge on any atom is -0.465 e. The largest absolute Gasteiger partial charge is 0.465 e. The van der Waals surface area contributed by atoms with E-state index in [1.165, 1.54) is 27.4 Å². The fourth-order valence-electron chi connectivity index (χ4n) is 3.57. The Labute approximate surface area is 133 Å². The summed E-state index contributed by atoms with van der Waals surface area (Å²) < 4.78 is 42.1. The zero-order valence-electron chi connectivity index (χ0n) is 12.6. The number of piperidine rings is 1. The van der Waals surface area contributed by atoms with Crippen molar-refractivity contribution >= 4 is 22.0 Å². The van der Waals surface area contributed by atoms with Gasteiger partial charge in [-0.25, -0.2) is 9.18 Å². The lowest BCUT2D eigenvalue weighted by Gasteiger charge is -2.46. The number of nitrogens with one attached hydrogen (secondary N) is 1. The lowest BCUT2D eigenvalue weighted by Crippen LogP contribution is -2.58. The van der Waals surface area contributed by atoms with Crippen LogP contribution in [0.15, 0.2) is 24.3 Å². The number of benzene rings is 1. The zero-order chi connectivity index (χ0) is 16.8. The Balaban J connectivity index is 2.00. The second-order valence-corrected chi connectivity index (χ2v) is 7.68. The summed E-state index contributed by atoms with van der Waals surface area (Å²) in [5.41, 5.74) is -0.524. The van der Waals surface area contributed by atoms with Gasteiger partial charge in [-0.1, -0.05) is 6.07 Å². The molecule has 0 aliphatic carbocycles. The van der Waals surface area contributed by atoms with Crippen LogP contribution in [0.2, 0.25) is 0 Å². The second kappa shape index (κ2) is 5.34. The molecule has 3 rings (SSSR count). The molecule has 2 aliphatic heterocycles. The Bertz CT molecular complexity index is 741. The molecule has 2 saturated heterocycles. The summed E-state index contributed by atoms with van der Waals surface area (Å²) in [5.74, 6) is -0.518. The number of hydrogen-bond donors (Lipinski definition) is 2. The lowest BCUT2D eigenvalue weighted by atomic mass is 9.83. The van der Waals surface area contributed by atoms with Crippen molar-refractivity contribution in [2.45, 2.75) is 31.3 Å². The molecule has 0 radical (unpaired) electrons. The van der Waals surface area contributed by atoms with Crippen LogP contribution in [-0.2, 0) is 10.2 Å². The SMILES string of the molecule is C[C@H]1CC2(CCN1C(=O)O)CNS(=O)(=O)N2c1cccc(F)c1. The van der Waals surface area contributed by atoms with E-state index in [2.05, 4.69) is 4.72 Å². The molecule has 1 aromatic rings. The Morgan fingerprint density at radius 2 is 2.22 bits per heavy atom. The summed E-state index contributed by atoms with van der Waals surface area (Å²) >= 11 is 0. The summed E-state index contributed by atoms with van der Waals surface area (Å²) in [6.45, 7) is 2.17. The Kier molecular flexibility index (Phi) is 3.72. The normalized spacial score (nSPS) is 29.9. The standard InChI is InChI=1S/C14H18FN3O4S/c1-10-8-14(5-6-17(10)13(19)20)9-16-23(21,22)18(14)12-4-2-3-11(15)7-12/h2-4,7,10,16H,5-6,8-9H2,1H3,(H,19,20)/t10-,14?/m0/s1. The van der Waals surface area contributed by atoms with Gasteiger partial charge in [0.05, 0.1) is 11.2 Å². The molecular formula is C14H18FN3O4S. The number of halogens is 1. The van der Waals surface area contributed by atoms with E-state index in [4.69, 9.17) is 0 Å². The molecule has 1 unspecified atom stereocenters. The minimum absolute atomic E-state index is 0.184. The Hall–Kier alpha value is -1.87. The number of hydrogen-bond acceptors (Lipinski definition) is 3. The highest BCUT2D eigenvalue weighted by molar-refractivity contribution is 7.91. The molecule has 2 atom stereocenters. The molecule has 0 bridgehead atoms. The summed E-state index contributed by atoms with van der Waals surface area (Å²) in [7, 11) is -3.78. The van der Waals surface area contributed by atoms with Gasteiger partial charge in [0.15, 0.2) is 0 Å². The second-order valence-electron chi connectivity index (χ2n) is 6.07. The molecule has 2 N–H and O–H groups in total. The summed E-state index contributed by atoms with van der Waals surface area (Å²) in [6.07, 6.45) is -0.313. The molecule has 2 fully saturated rings. The summed E-state index contributed by atoms with van der Waals surface area (Å²) in [4.78, 5) is 12.5. The van der Waals surface area contributed by atoms with Gasteiger partial charge in [0, 0.05) is 19.1 Å². The average molecular weight is 343 g/mol. The number of nitrogens with zero attached hydrogens (tertiary/aromatic N) is 2. The van der Waals surface area contributed by atoms with E-state index in [1.807, 2.05) is 0 Å². The van der Waals surface area contributed by atoms with Crippen molar-refractivity contribution < 1.29 is 22.7 Å². The van der Waals surface area contributed by atoms with Gasteiger partial charge in [-0.05, 0) is 38.0 Å². The van der Waals surface area contributed by atoms with Gasteiger partial charge in [-0.3, -0.25) is 4.31 Å². The highest BCUT2D eigenvalue weighted by atomic mass is 32.2. The maximum Gasteiger partial charge on any atom is 0.407 e. The van der Waals surface area contributed by atoms with E-state index >= 15 is 0 Å². The first-order valence-electron chi connectivity index (χ1n) is 7.30. The van der Waals surface area contributed by atoms with Crippen molar-refractivity contribution in [1.29, 1.82) is 0 Å². The van der Waals surface area contributed by atoms with Crippen molar-refractivity contribution in [3.63, 3.8) is 0 Å². The highest BCUT2D eigenvalue weighted by Gasteiger charge is 2.53. The predicted molar refractivity (Wildman–Crippen MR) is 82.0 cm³/mol. The van der Waals surface area contributed by atoms with Gasteiger partial charge in [0.25, 0.3) is 0 Å². The van der Waals surface area contributed by atoms with E-state index < -0.39 is 27.7 Å². The smallest absolute Gasteiger partial charge is 0.407 e. The van der Waals surface area contributed by atoms with Crippen LogP contribution >= 0.6 is 0 Å². The lowest BCUT2D eigenvalue weighted by molar-refractivity contribution is 0.0915. The number of carbonyl (C=O) groups is 1. The first kappa shape index (κ1) is 16.0. The first-order chi connectivity index (χ1) is 10.8. The fraction of sp³-hybridized carbons (Fsp3) is 0.500. The molecule has 7 nitrogen and oxygen atoms in total. The number of amides is 1. The topological polar surface area (TPSA) is 90.0 Å². The molecule has 0 saturated carbocycles. The molecule has 1 amide bonds. The zero-order valence-corrected chi connectivity index (χ0v) is 13.4. The number of rotatable bonds is 1. The minimum atomic E-state index is -3.78. The fourth-order valence-corrected chi connectivity index (χ4v) is 5.28. The number of likely N-dealkylation sites (tertiary alicyclic amines) is 1. The third-order valence-electron chi connectivity index (χ3n) is 4.57. The van der Waals surface area contributed by atoms with E-state index in [0.29, 0.717) is 12.8 Å². The van der Waals surface area contributed by atoms with Crippen LogP contribution in [0.25, 0.3) is 0 Å². The highest BCUT2D eigenvalue weighted by Crippen LogP contribution is 2.40. The van der Waals surface area contributed by atoms with Crippen molar-refractivity contribution in [2.75, 3.05) is 17.4 Å². The van der Waals surface area contributed by atoms with E-state index in [1.54, 1.807) is 13.0 Å². The van der Waals surface area contributed by atoms with Crippen LogP contribution in [0, 0.1) is 5.82 Å². The average Bonchev–Trinajstić information content (AvgIpc) is 2.69. The molecule has 2 heterocycles. The number of anilines is 1. The van der Waals surface area contributed by atoms with Crippen molar-refractivity contribution in [2.24, 2.45) is 0 Å². The molecule has 2 aliphatic rings. The Morgan fingerprint density at radius 1 is 1.48 bits per heavy atom. The third-order valence-corrected chi connectivity index (χ3v) is 6.16. The van der Waals surface area contributed by atoms with Gasteiger partial charge in [-0.15, -0.1) is 0 Å². The predicted octanol–water partition coefficient (Wildman–Crippen LogP) is 1.38. The molecule has 126 valence electrons. The third kappa shape index (κ3) is 2.63. The maximum atomic E-state index is 13.5. The van der Waals surface area contributed by atoms with Crippen molar-refractivity contribution in [3.8, 4) is 0 Å². The van der Waals surface area contributed by atoms with E-state index in [-0.39, 0.29) is 24.8 Å². The van der Waals surface area contributed by atoms with Crippen LogP contribution in [0.4, 0.5) is 14.9 Å². The van der Waals surface area contributed by atoms with Crippen molar-refractivity contribution in [1.82, 2.24) is 9.62 Å². The van der Waals surface area contributed by atoms with Crippen LogP contribution in [-0.4, -0.2) is 49.2 Å². The molecule has 23 heavy (non-hydrogen) atoms. The number of carboxylic acid groups (broad SMARTS) is 1. The van der Waals surface area contributed by atoms with Gasteiger partial charge in [0.1, 0.15) is 5.82 Å². The van der Waals surface area contributed by atoms with E-state index in [9.17, 15) is 22.7 Å². The Morgan fingerprint density at radius 3 is 2.83 bits per heavy atom. The van der Waals surface area contributed by atoms with Gasteiger partial charge >= 0.3 is 16.3 Å². The van der Waals surface area contributed by atoms with Crippen molar-refractivity contribution in [3.05, 3.63) is 30.1 Å². The van der Waals surface area contributed by atoms with Crippen LogP contribution in [0.3, 0.4) is 0 Å². The molecule has 1 aromatic carbocycles. The summed E-state index contributed by atoms with van der Waals surface area (Å²) in [5, 5.41) is 9.19. The monoisotopic (exact) mass is 343 g/mol. The van der Waals surface area contributed by atoms with E-state index in [0.717, 1.165) is 0 Å². The summed E-state index contributed by atoms with van der Waals surface area (Å²) in [6, 6.07) is 5.11. The van der Waals surface area contributed by atoms with Crippen LogP contribution in [0.1, 0.15) is 19.8 Å². The van der Waals surface area contributed by atoms with Crippen LogP contribution < -0.4 is 9.03 Å². The molecule has 1 spiro atoms. The van der Waals surface area contributed by atoms with Crippen LogP contribution in [0.5, 0.6) is 0 Å².